The lowest BCUT2D eigenvalue weighted by Crippen LogP contribution is -2.65. The van der Waals surface area contributed by atoms with Crippen LogP contribution in [0, 0.1) is 17.8 Å². The van der Waals surface area contributed by atoms with E-state index < -0.39 is 190 Å². The fourth-order valence-electron chi connectivity index (χ4n) is 10.2. The number of hydroxylamine groups is 1. The summed E-state index contributed by atoms with van der Waals surface area (Å²) < 4.78 is 35.9. The van der Waals surface area contributed by atoms with Crippen LogP contribution in [0.2, 0.25) is 0 Å². The number of aliphatic hydroxyl groups excluding tert-OH is 11. The van der Waals surface area contributed by atoms with Gasteiger partial charge >= 0.3 is 5.97 Å². The van der Waals surface area contributed by atoms with Crippen molar-refractivity contribution in [3.05, 3.63) is 72.9 Å². The zero-order chi connectivity index (χ0) is 59.4. The second kappa shape index (κ2) is 33.4. The van der Waals surface area contributed by atoms with Crippen molar-refractivity contribution in [1.29, 1.82) is 0 Å². The number of nitrogens with two attached hydrogens (primary N) is 1. The summed E-state index contributed by atoms with van der Waals surface area (Å²) in [6.45, 7) is 7.21. The van der Waals surface area contributed by atoms with E-state index in [1.807, 2.05) is 37.3 Å². The predicted octanol–water partition coefficient (Wildman–Crippen LogP) is -1.68. The van der Waals surface area contributed by atoms with Crippen molar-refractivity contribution in [3.8, 4) is 0 Å². The van der Waals surface area contributed by atoms with Gasteiger partial charge in [-0.05, 0) is 52.4 Å². The minimum atomic E-state index is -2.40. The summed E-state index contributed by atoms with van der Waals surface area (Å²) in [5.74, 6) is -7.48. The highest BCUT2D eigenvalue weighted by atomic mass is 16.7. The van der Waals surface area contributed by atoms with Crippen molar-refractivity contribution in [2.45, 2.75) is 227 Å². The fraction of sp³-hybridized carbons (Fsp3) is 0.727. The highest BCUT2D eigenvalue weighted by Crippen LogP contribution is 2.38. The van der Waals surface area contributed by atoms with E-state index in [4.69, 9.17) is 34.2 Å². The number of fused-ring (bicyclic) bond motifs is 2. The summed E-state index contributed by atoms with van der Waals surface area (Å²) in [5.41, 5.74) is 7.56. The van der Waals surface area contributed by atoms with Gasteiger partial charge in [-0.15, -0.1) is 0 Å². The van der Waals surface area contributed by atoms with Crippen LogP contribution in [-0.2, 0) is 42.8 Å². The number of ether oxygens (including phenoxy) is 6. The molecule has 25 heteroatoms. The van der Waals surface area contributed by atoms with Crippen molar-refractivity contribution in [3.63, 3.8) is 0 Å². The maximum atomic E-state index is 13.2. The molecule has 3 saturated heterocycles. The summed E-state index contributed by atoms with van der Waals surface area (Å²) >= 11 is 0. The third-order valence-electron chi connectivity index (χ3n) is 14.9. The summed E-state index contributed by atoms with van der Waals surface area (Å²) in [6, 6.07) is -2.44. The SMILES string of the molecule is CC(=O)N[C@H]1C(O[C@H]2[C@@H](C)[C@H](C)OC(=O)C[C@H](O)C[C@H](O)C[C@H](O)CC[C@@H](O)[C@H](O)C[C@]3(O)C[C@H](O)[C@@H](C(=O)NO)[C@H](C[C@@H](O[C@@H]4O[C@H](C)[C@@H](O)[C@H](N)[C@@H]4O)/C=C/C=C/C=C/C=C/CC/C=C/C=C/[C@@H]2C)O3)O[C@H](CO)[C@@H](O)[C@@H]1O. The van der Waals surface area contributed by atoms with E-state index in [1.54, 1.807) is 50.3 Å². The molecular weight excluding hydrogens is 1050 g/mol. The molecular formula is C55H89N3O22. The number of hydrogen-bond acceptors (Lipinski definition) is 23. The maximum Gasteiger partial charge on any atom is 0.308 e. The Morgan fingerprint density at radius 2 is 1.31 bits per heavy atom. The summed E-state index contributed by atoms with van der Waals surface area (Å²) in [4.78, 5) is 38.4. The van der Waals surface area contributed by atoms with E-state index in [0.717, 1.165) is 0 Å². The molecule has 2 amide bonds. The second-order valence-electron chi connectivity index (χ2n) is 21.5. The van der Waals surface area contributed by atoms with Crippen molar-refractivity contribution < 1.29 is 109 Å². The number of cyclic esters (lactones) is 1. The molecule has 0 radical (unpaired) electrons. The smallest absolute Gasteiger partial charge is 0.308 e. The van der Waals surface area contributed by atoms with E-state index in [-0.39, 0.29) is 32.1 Å². The van der Waals surface area contributed by atoms with Crippen molar-refractivity contribution in [1.82, 2.24) is 10.8 Å². The third kappa shape index (κ3) is 21.1. The molecule has 17 N–H and O–H groups in total. The molecule has 3 fully saturated rings. The molecule has 456 valence electrons. The van der Waals surface area contributed by atoms with Gasteiger partial charge in [0.25, 0.3) is 5.91 Å². The van der Waals surface area contributed by atoms with Gasteiger partial charge in [0, 0.05) is 38.0 Å². The average Bonchev–Trinajstić information content (AvgIpc) is 3.40. The number of esters is 1. The largest absolute Gasteiger partial charge is 0.462 e. The summed E-state index contributed by atoms with van der Waals surface area (Å²) in [6.07, 6.45) is -5.38. The van der Waals surface area contributed by atoms with E-state index in [1.165, 1.54) is 25.4 Å². The van der Waals surface area contributed by atoms with Crippen LogP contribution in [0.4, 0.5) is 0 Å². The van der Waals surface area contributed by atoms with Gasteiger partial charge < -0.3 is 101 Å². The number of allylic oxidation sites excluding steroid dienone is 10. The lowest BCUT2D eigenvalue weighted by molar-refractivity contribution is -0.309. The number of nitrogens with one attached hydrogen (secondary N) is 2. The molecule has 2 bridgehead atoms. The van der Waals surface area contributed by atoms with Crippen LogP contribution in [0.25, 0.3) is 0 Å². The summed E-state index contributed by atoms with van der Waals surface area (Å²) in [5, 5.41) is 143. The number of carbonyl (C=O) groups excluding carboxylic acids is 3. The molecule has 24 atom stereocenters. The van der Waals surface area contributed by atoms with Gasteiger partial charge in [-0.25, -0.2) is 5.48 Å². The molecule has 0 aromatic rings. The first-order valence-electron chi connectivity index (χ1n) is 27.4. The lowest BCUT2D eigenvalue weighted by atomic mass is 9.82. The Morgan fingerprint density at radius 1 is 0.700 bits per heavy atom. The van der Waals surface area contributed by atoms with Crippen LogP contribution in [0.3, 0.4) is 0 Å². The Labute approximate surface area is 466 Å². The minimum absolute atomic E-state index is 0.197. The maximum absolute atomic E-state index is 13.2. The van der Waals surface area contributed by atoms with Gasteiger partial charge in [0.15, 0.2) is 18.4 Å². The van der Waals surface area contributed by atoms with E-state index >= 15 is 0 Å². The molecule has 0 saturated carbocycles. The quantitative estimate of drug-likeness (QED) is 0.0769. The number of hydrogen-bond donors (Lipinski definition) is 16. The first-order valence-corrected chi connectivity index (χ1v) is 27.4. The lowest BCUT2D eigenvalue weighted by Gasteiger charge is -2.46. The molecule has 4 heterocycles. The predicted molar refractivity (Wildman–Crippen MR) is 284 cm³/mol. The molecule has 0 aliphatic carbocycles. The van der Waals surface area contributed by atoms with Gasteiger partial charge in [-0.2, -0.15) is 0 Å². The molecule has 4 aliphatic heterocycles. The van der Waals surface area contributed by atoms with E-state index in [0.29, 0.717) is 12.8 Å². The van der Waals surface area contributed by atoms with Gasteiger partial charge in [-0.3, -0.25) is 19.6 Å². The van der Waals surface area contributed by atoms with Gasteiger partial charge in [0.2, 0.25) is 5.91 Å². The Kier molecular flexibility index (Phi) is 28.6. The first-order chi connectivity index (χ1) is 37.8. The van der Waals surface area contributed by atoms with E-state index in [2.05, 4.69) is 5.32 Å². The van der Waals surface area contributed by atoms with Crippen LogP contribution in [0.15, 0.2) is 72.9 Å². The van der Waals surface area contributed by atoms with Crippen molar-refractivity contribution in [2.24, 2.45) is 23.5 Å². The minimum Gasteiger partial charge on any atom is -0.462 e. The highest BCUT2D eigenvalue weighted by molar-refractivity contribution is 5.79. The van der Waals surface area contributed by atoms with Gasteiger partial charge in [-0.1, -0.05) is 86.8 Å². The zero-order valence-electron chi connectivity index (χ0n) is 46.1. The average molecular weight is 1140 g/mol. The van der Waals surface area contributed by atoms with Crippen LogP contribution in [0.1, 0.15) is 98.8 Å². The normalized spacial score (nSPS) is 44.7. The van der Waals surface area contributed by atoms with Crippen molar-refractivity contribution >= 4 is 17.8 Å². The molecule has 4 rings (SSSR count). The first kappa shape index (κ1) is 68.6. The zero-order valence-corrected chi connectivity index (χ0v) is 46.1. The monoisotopic (exact) mass is 1140 g/mol. The van der Waals surface area contributed by atoms with Gasteiger partial charge in [0.1, 0.15) is 36.6 Å². The Hall–Kier alpha value is -3.91. The number of carbonyl (C=O) groups is 3. The second-order valence-corrected chi connectivity index (χ2v) is 21.5. The standard InChI is InChI=1S/C55H89N3O22/c1-29-18-16-14-12-10-8-6-7-9-11-13-15-17-19-37(77-54-49(70)45(56)47(68)32(4)76-54)25-41-44(52(72)58-74)40(66)27-55(73,80-41)26-39(65)38(64)21-20-34(61)22-35(62)23-36(63)24-43(67)75-31(3)30(2)51(29)79-53-46(57-33(5)60)50(71)48(69)42(28-59)78-53/h6-7,9,11-19,29-32,34-42,44-51,53-54,59,61-66,68-71,73-74H,8,10,20-28,56H2,1-5H3,(H,57,60)(H,58,72)/b7-6+,11-9+,14-12+,15-13+,18-16+,19-17+/t29-,30-,31-,32+,34+,35+,36+,37-,38+,39+,40-,41-,42+,44+,45-,46+,47+,48+,49-,50+,51+,53?,54-,55+/m0/s1. The highest BCUT2D eigenvalue weighted by Gasteiger charge is 2.52. The molecule has 80 heavy (non-hydrogen) atoms. The molecule has 0 spiro atoms. The Morgan fingerprint density at radius 3 is 1.96 bits per heavy atom. The number of rotatable bonds is 7. The number of aliphatic hydroxyl groups is 12. The van der Waals surface area contributed by atoms with Crippen LogP contribution in [0.5, 0.6) is 0 Å². The topological polar surface area (TPSA) is 420 Å². The number of amides is 2. The molecule has 1 unspecified atom stereocenters. The molecule has 0 aromatic carbocycles. The third-order valence-corrected chi connectivity index (χ3v) is 14.9. The summed E-state index contributed by atoms with van der Waals surface area (Å²) in [7, 11) is 0. The molecule has 0 aromatic heterocycles. The van der Waals surface area contributed by atoms with E-state index in [9.17, 15) is 80.9 Å². The Bertz CT molecular complexity index is 2080. The van der Waals surface area contributed by atoms with Crippen LogP contribution >= 0.6 is 0 Å². The molecule has 4 aliphatic rings. The van der Waals surface area contributed by atoms with Crippen LogP contribution in [-0.4, -0.2) is 219 Å². The molecule has 25 nitrogen and oxygen atoms in total. The Balaban J connectivity index is 1.60. The van der Waals surface area contributed by atoms with Gasteiger partial charge in [0.05, 0.1) is 92.1 Å². The fourth-order valence-corrected chi connectivity index (χ4v) is 10.2. The van der Waals surface area contributed by atoms with Crippen molar-refractivity contribution in [2.75, 3.05) is 6.61 Å². The van der Waals surface area contributed by atoms with Crippen LogP contribution < -0.4 is 16.5 Å².